The Morgan fingerprint density at radius 1 is 1.11 bits per heavy atom. The minimum absolute atomic E-state index is 0.473. The zero-order valence-electron chi connectivity index (χ0n) is 14.5. The summed E-state index contributed by atoms with van der Waals surface area (Å²) >= 11 is 24.5. The number of hydrogen-bond donors (Lipinski definition) is 0. The van der Waals surface area contributed by atoms with Crippen LogP contribution in [0.25, 0.3) is 0 Å². The molecule has 0 saturated heterocycles. The van der Waals surface area contributed by atoms with Gasteiger partial charge in [0.05, 0.1) is 16.8 Å². The summed E-state index contributed by atoms with van der Waals surface area (Å²) in [5.74, 6) is 0.719. The monoisotopic (exact) mass is 533 g/mol. The van der Waals surface area contributed by atoms with Crippen LogP contribution in [0.1, 0.15) is 22.2 Å². The largest absolute Gasteiger partial charge is 0.486 e. The van der Waals surface area contributed by atoms with Crippen LogP contribution >= 0.6 is 71.7 Å². The van der Waals surface area contributed by atoms with E-state index < -0.39 is 5.38 Å². The van der Waals surface area contributed by atoms with E-state index in [1.54, 1.807) is 30.1 Å². The molecule has 0 radical (unpaired) electrons. The Balaban J connectivity index is 1.88. The van der Waals surface area contributed by atoms with Crippen molar-refractivity contribution in [3.05, 3.63) is 86.1 Å². The Morgan fingerprint density at radius 3 is 2.43 bits per heavy atom. The Morgan fingerprint density at radius 2 is 1.79 bits per heavy atom. The molecular formula is C20H16BrCl3NOPS. The fourth-order valence-corrected chi connectivity index (χ4v) is 5.64. The van der Waals surface area contributed by atoms with Gasteiger partial charge in [0.2, 0.25) is 0 Å². The van der Waals surface area contributed by atoms with Crippen molar-refractivity contribution in [2.75, 3.05) is 5.49 Å². The lowest BCUT2D eigenvalue weighted by atomic mass is 10.1. The average molecular weight is 536 g/mol. The molecule has 0 amide bonds. The standard InChI is InChI=1S/C20H16BrCl3NOPS/c21-13-6-14(22)19(15(23)7-13)20(24)16-8-18(28-11-27)17(9-25-16)26-10-12-4-2-1-3-5-12/h1-9,20H,10-11,27H2. The Labute approximate surface area is 194 Å². The third-order valence-corrected chi connectivity index (χ3v) is 6.71. The van der Waals surface area contributed by atoms with Gasteiger partial charge in [-0.05, 0) is 23.8 Å². The van der Waals surface area contributed by atoms with Gasteiger partial charge in [-0.3, -0.25) is 4.98 Å². The molecule has 1 heterocycles. The van der Waals surface area contributed by atoms with Gasteiger partial charge in [-0.2, -0.15) is 0 Å². The van der Waals surface area contributed by atoms with Crippen molar-refractivity contribution in [1.29, 1.82) is 0 Å². The van der Waals surface area contributed by atoms with Crippen LogP contribution < -0.4 is 4.74 Å². The molecule has 2 aromatic carbocycles. The highest BCUT2D eigenvalue weighted by Gasteiger charge is 2.21. The number of halogens is 4. The molecule has 0 N–H and O–H groups in total. The molecule has 3 aromatic rings. The summed E-state index contributed by atoms with van der Waals surface area (Å²) in [6.07, 6.45) is 1.71. The zero-order valence-corrected chi connectivity index (χ0v) is 20.4. The van der Waals surface area contributed by atoms with Gasteiger partial charge in [0.15, 0.2) is 5.75 Å². The van der Waals surface area contributed by atoms with Crippen LogP contribution in [0.5, 0.6) is 5.75 Å². The molecule has 1 aromatic heterocycles. The molecule has 0 saturated carbocycles. The first-order valence-corrected chi connectivity index (χ1v) is 12.1. The fraction of sp³-hybridized carbons (Fsp3) is 0.150. The second-order valence-electron chi connectivity index (χ2n) is 5.79. The molecule has 0 fully saturated rings. The summed E-state index contributed by atoms with van der Waals surface area (Å²) in [4.78, 5) is 5.47. The minimum atomic E-state index is -0.569. The van der Waals surface area contributed by atoms with Crippen LogP contribution in [-0.2, 0) is 6.61 Å². The SMILES string of the molecule is PCSc1cc(C(Cl)c2c(Cl)cc(Br)cc2Cl)ncc1OCc1ccccc1. The van der Waals surface area contributed by atoms with Gasteiger partial charge in [-0.1, -0.05) is 69.5 Å². The van der Waals surface area contributed by atoms with Crippen molar-refractivity contribution < 1.29 is 4.74 Å². The van der Waals surface area contributed by atoms with Crippen molar-refractivity contribution in [2.45, 2.75) is 16.9 Å². The molecule has 146 valence electrons. The van der Waals surface area contributed by atoms with E-state index in [4.69, 9.17) is 39.5 Å². The van der Waals surface area contributed by atoms with Crippen LogP contribution in [0, 0.1) is 0 Å². The van der Waals surface area contributed by atoms with E-state index in [1.165, 1.54) is 0 Å². The summed E-state index contributed by atoms with van der Waals surface area (Å²) in [5, 5.41) is 0.414. The van der Waals surface area contributed by atoms with Gasteiger partial charge in [0.25, 0.3) is 0 Å². The number of rotatable bonds is 7. The number of ether oxygens (including phenoxy) is 1. The lowest BCUT2D eigenvalue weighted by Crippen LogP contribution is -2.02. The Hall–Kier alpha value is -0.480. The van der Waals surface area contributed by atoms with E-state index in [1.807, 2.05) is 36.4 Å². The van der Waals surface area contributed by atoms with Gasteiger partial charge in [0, 0.05) is 25.6 Å². The van der Waals surface area contributed by atoms with Gasteiger partial charge < -0.3 is 4.74 Å². The highest BCUT2D eigenvalue weighted by atomic mass is 79.9. The average Bonchev–Trinajstić information content (AvgIpc) is 2.67. The number of alkyl halides is 1. The van der Waals surface area contributed by atoms with E-state index in [9.17, 15) is 0 Å². The van der Waals surface area contributed by atoms with E-state index in [-0.39, 0.29) is 0 Å². The summed E-state index contributed by atoms with van der Waals surface area (Å²) in [7, 11) is 2.70. The molecule has 2 unspecified atom stereocenters. The molecule has 0 aliphatic heterocycles. The minimum Gasteiger partial charge on any atom is -0.486 e. The van der Waals surface area contributed by atoms with Crippen LogP contribution in [-0.4, -0.2) is 10.5 Å². The molecular weight excluding hydrogens is 520 g/mol. The van der Waals surface area contributed by atoms with E-state index in [0.717, 1.165) is 26.2 Å². The third kappa shape index (κ3) is 5.56. The van der Waals surface area contributed by atoms with Crippen molar-refractivity contribution in [2.24, 2.45) is 0 Å². The van der Waals surface area contributed by atoms with Crippen LogP contribution in [0.2, 0.25) is 10.0 Å². The van der Waals surface area contributed by atoms with Crippen molar-refractivity contribution in [3.8, 4) is 5.75 Å². The van der Waals surface area contributed by atoms with Gasteiger partial charge >= 0.3 is 0 Å². The van der Waals surface area contributed by atoms with Gasteiger partial charge in [0.1, 0.15) is 12.0 Å². The van der Waals surface area contributed by atoms with E-state index in [2.05, 4.69) is 30.2 Å². The number of hydrogen-bond acceptors (Lipinski definition) is 3. The highest BCUT2D eigenvalue weighted by molar-refractivity contribution is 9.10. The number of aromatic nitrogens is 1. The molecule has 0 aliphatic rings. The predicted octanol–water partition coefficient (Wildman–Crippen LogP) is 7.98. The first kappa shape index (κ1) is 22.2. The number of pyridine rings is 1. The maximum absolute atomic E-state index is 6.69. The second-order valence-corrected chi connectivity index (χ2v) is 10.0. The van der Waals surface area contributed by atoms with Crippen molar-refractivity contribution >= 4 is 71.7 Å². The lowest BCUT2D eigenvalue weighted by Gasteiger charge is -2.16. The van der Waals surface area contributed by atoms with E-state index in [0.29, 0.717) is 27.9 Å². The molecule has 8 heteroatoms. The predicted molar refractivity (Wildman–Crippen MR) is 127 cm³/mol. The second kappa shape index (κ2) is 10.5. The van der Waals surface area contributed by atoms with Gasteiger partial charge in [-0.15, -0.1) is 32.6 Å². The quantitative estimate of drug-likeness (QED) is 0.174. The third-order valence-electron chi connectivity index (χ3n) is 3.89. The number of benzene rings is 2. The maximum Gasteiger partial charge on any atom is 0.151 e. The lowest BCUT2D eigenvalue weighted by molar-refractivity contribution is 0.297. The van der Waals surface area contributed by atoms with Crippen molar-refractivity contribution in [3.63, 3.8) is 0 Å². The molecule has 0 bridgehead atoms. The Bertz CT molecular complexity index is 938. The zero-order chi connectivity index (χ0) is 20.1. The number of nitrogens with zero attached hydrogens (tertiary/aromatic N) is 1. The first-order chi connectivity index (χ1) is 13.5. The van der Waals surface area contributed by atoms with E-state index >= 15 is 0 Å². The molecule has 2 atom stereocenters. The molecule has 0 aliphatic carbocycles. The molecule has 2 nitrogen and oxygen atoms in total. The van der Waals surface area contributed by atoms with Crippen LogP contribution in [0.4, 0.5) is 0 Å². The number of thioether (sulfide) groups is 1. The smallest absolute Gasteiger partial charge is 0.151 e. The summed E-state index contributed by atoms with van der Waals surface area (Å²) in [5.41, 5.74) is 3.22. The summed E-state index contributed by atoms with van der Waals surface area (Å²) in [6.45, 7) is 0.473. The summed E-state index contributed by atoms with van der Waals surface area (Å²) < 4.78 is 6.78. The summed E-state index contributed by atoms with van der Waals surface area (Å²) in [6, 6.07) is 15.5. The van der Waals surface area contributed by atoms with Crippen LogP contribution in [0.3, 0.4) is 0 Å². The Kier molecular flexibility index (Phi) is 8.34. The normalized spacial score (nSPS) is 12.0. The topological polar surface area (TPSA) is 22.1 Å². The molecule has 0 spiro atoms. The fourth-order valence-electron chi connectivity index (χ4n) is 2.57. The van der Waals surface area contributed by atoms with Gasteiger partial charge in [-0.25, -0.2) is 0 Å². The van der Waals surface area contributed by atoms with Crippen molar-refractivity contribution in [1.82, 2.24) is 4.98 Å². The first-order valence-electron chi connectivity index (χ1n) is 8.27. The maximum atomic E-state index is 6.69. The molecule has 28 heavy (non-hydrogen) atoms. The highest BCUT2D eigenvalue weighted by Crippen LogP contribution is 2.41. The molecule has 3 rings (SSSR count). The van der Waals surface area contributed by atoms with Crippen LogP contribution in [0.15, 0.2) is 64.1 Å².